The summed E-state index contributed by atoms with van der Waals surface area (Å²) in [6.07, 6.45) is 4.90. The number of amides is 2. The molecule has 3 aliphatic rings. The maximum atomic E-state index is 14.1. The van der Waals surface area contributed by atoms with Crippen LogP contribution in [0.5, 0.6) is 0 Å². The maximum Gasteiger partial charge on any atom is 0.272 e. The Morgan fingerprint density at radius 1 is 1.28 bits per heavy atom. The second-order valence-electron chi connectivity index (χ2n) is 8.62. The Bertz CT molecular complexity index is 983. The zero-order valence-corrected chi connectivity index (χ0v) is 16.5. The number of carbonyl (C=O) groups is 2. The van der Waals surface area contributed by atoms with Crippen LogP contribution >= 0.6 is 0 Å². The minimum atomic E-state index is -0.545. The number of piperidine rings is 1. The van der Waals surface area contributed by atoms with Gasteiger partial charge in [-0.25, -0.2) is 4.39 Å². The summed E-state index contributed by atoms with van der Waals surface area (Å²) in [5.41, 5.74) is 1.70. The molecule has 3 fully saturated rings. The van der Waals surface area contributed by atoms with E-state index in [1.165, 1.54) is 12.1 Å². The molecule has 2 amide bonds. The van der Waals surface area contributed by atoms with E-state index in [9.17, 15) is 14.0 Å². The average molecular weight is 396 g/mol. The van der Waals surface area contributed by atoms with Crippen LogP contribution in [0.3, 0.4) is 0 Å². The van der Waals surface area contributed by atoms with Crippen molar-refractivity contribution in [2.75, 3.05) is 6.54 Å². The first kappa shape index (κ1) is 18.3. The Balaban J connectivity index is 1.56. The van der Waals surface area contributed by atoms with Crippen molar-refractivity contribution >= 4 is 11.8 Å². The number of likely N-dealkylation sites (tertiary alicyclic amines) is 1. The molecular formula is C22H25FN4O2. The van der Waals surface area contributed by atoms with Crippen molar-refractivity contribution in [3.63, 3.8) is 0 Å². The molecule has 152 valence electrons. The predicted molar refractivity (Wildman–Crippen MR) is 105 cm³/mol. The van der Waals surface area contributed by atoms with Gasteiger partial charge >= 0.3 is 0 Å². The molecule has 0 bridgehead atoms. The van der Waals surface area contributed by atoms with E-state index in [1.54, 1.807) is 17.8 Å². The van der Waals surface area contributed by atoms with Gasteiger partial charge in [-0.2, -0.15) is 5.10 Å². The Hall–Kier alpha value is -2.70. The van der Waals surface area contributed by atoms with Gasteiger partial charge in [0.25, 0.3) is 5.91 Å². The van der Waals surface area contributed by atoms with Crippen LogP contribution in [0.2, 0.25) is 0 Å². The molecule has 1 aromatic heterocycles. The Morgan fingerprint density at radius 3 is 2.79 bits per heavy atom. The Labute approximate surface area is 169 Å². The topological polar surface area (TPSA) is 67.2 Å². The van der Waals surface area contributed by atoms with Gasteiger partial charge in [-0.05, 0) is 55.9 Å². The van der Waals surface area contributed by atoms with E-state index in [-0.39, 0.29) is 17.6 Å². The van der Waals surface area contributed by atoms with E-state index in [2.05, 4.69) is 10.4 Å². The van der Waals surface area contributed by atoms with Gasteiger partial charge in [-0.15, -0.1) is 0 Å². The highest BCUT2D eigenvalue weighted by Gasteiger charge is 2.51. The largest absolute Gasteiger partial charge is 0.348 e. The zero-order valence-electron chi connectivity index (χ0n) is 16.5. The lowest BCUT2D eigenvalue weighted by Crippen LogP contribution is -2.58. The molecule has 0 unspecified atom stereocenters. The van der Waals surface area contributed by atoms with Gasteiger partial charge in [0.15, 0.2) is 0 Å². The molecule has 1 saturated carbocycles. The number of benzene rings is 1. The lowest BCUT2D eigenvalue weighted by Gasteiger charge is -2.48. The fourth-order valence-corrected chi connectivity index (χ4v) is 5.07. The number of hydrogen-bond donors (Lipinski definition) is 1. The fraction of sp³-hybridized carbons (Fsp3) is 0.500. The van der Waals surface area contributed by atoms with Gasteiger partial charge in [-0.1, -0.05) is 12.1 Å². The maximum absolute atomic E-state index is 14.1. The normalized spacial score (nSPS) is 26.8. The van der Waals surface area contributed by atoms with Crippen LogP contribution in [-0.4, -0.2) is 38.6 Å². The van der Waals surface area contributed by atoms with Crippen LogP contribution in [0.4, 0.5) is 4.39 Å². The van der Waals surface area contributed by atoms with Crippen molar-refractivity contribution in [3.8, 4) is 0 Å². The third kappa shape index (κ3) is 3.12. The molecule has 5 rings (SSSR count). The summed E-state index contributed by atoms with van der Waals surface area (Å²) in [4.78, 5) is 27.6. The quantitative estimate of drug-likeness (QED) is 0.867. The molecule has 1 aromatic carbocycles. The first-order valence-corrected chi connectivity index (χ1v) is 10.4. The molecule has 6 nitrogen and oxygen atoms in total. The van der Waals surface area contributed by atoms with Crippen molar-refractivity contribution in [1.82, 2.24) is 20.0 Å². The summed E-state index contributed by atoms with van der Waals surface area (Å²) < 4.78 is 15.7. The summed E-state index contributed by atoms with van der Waals surface area (Å²) in [6.45, 7) is 0.571. The van der Waals surface area contributed by atoms with E-state index >= 15 is 0 Å². The van der Waals surface area contributed by atoms with E-state index in [0.29, 0.717) is 31.0 Å². The number of carbonyl (C=O) groups excluding carboxylic acids is 2. The first-order chi connectivity index (χ1) is 14.0. The Morgan fingerprint density at radius 2 is 2.10 bits per heavy atom. The molecule has 1 spiro atoms. The molecule has 7 heteroatoms. The second kappa shape index (κ2) is 6.68. The summed E-state index contributed by atoms with van der Waals surface area (Å²) in [7, 11) is 1.80. The number of nitrogens with zero attached hydrogens (tertiary/aromatic N) is 3. The van der Waals surface area contributed by atoms with Crippen molar-refractivity contribution < 1.29 is 14.0 Å². The van der Waals surface area contributed by atoms with E-state index in [1.807, 2.05) is 17.0 Å². The summed E-state index contributed by atoms with van der Waals surface area (Å²) in [6, 6.07) is 7.91. The van der Waals surface area contributed by atoms with Crippen LogP contribution < -0.4 is 5.32 Å². The molecule has 0 radical (unpaired) electrons. The predicted octanol–water partition coefficient (Wildman–Crippen LogP) is 3.06. The third-order valence-corrected chi connectivity index (χ3v) is 6.58. The van der Waals surface area contributed by atoms with Crippen LogP contribution in [0, 0.1) is 5.82 Å². The van der Waals surface area contributed by atoms with Crippen molar-refractivity contribution in [2.45, 2.75) is 56.0 Å². The monoisotopic (exact) mass is 396 g/mol. The van der Waals surface area contributed by atoms with Crippen molar-refractivity contribution in [3.05, 3.63) is 53.1 Å². The van der Waals surface area contributed by atoms with E-state index in [0.717, 1.165) is 36.9 Å². The smallest absolute Gasteiger partial charge is 0.272 e. The average Bonchev–Trinajstić information content (AvgIpc) is 3.39. The summed E-state index contributed by atoms with van der Waals surface area (Å²) in [5, 5.41) is 7.68. The highest BCUT2D eigenvalue weighted by atomic mass is 19.1. The van der Waals surface area contributed by atoms with Crippen LogP contribution in [0.1, 0.15) is 72.2 Å². The summed E-state index contributed by atoms with van der Waals surface area (Å²) in [5.74, 6) is 0.0127. The van der Waals surface area contributed by atoms with Gasteiger partial charge in [0.1, 0.15) is 11.5 Å². The van der Waals surface area contributed by atoms with E-state index in [4.69, 9.17) is 0 Å². The molecule has 3 heterocycles. The number of aromatic nitrogens is 2. The van der Waals surface area contributed by atoms with Crippen molar-refractivity contribution in [1.29, 1.82) is 0 Å². The van der Waals surface area contributed by atoms with Gasteiger partial charge in [-0.3, -0.25) is 14.3 Å². The number of hydrogen-bond acceptors (Lipinski definition) is 3. The number of halogens is 1. The molecule has 1 aliphatic carbocycles. The van der Waals surface area contributed by atoms with Crippen LogP contribution in [0.15, 0.2) is 30.3 Å². The number of rotatable bonds is 3. The third-order valence-electron chi connectivity index (χ3n) is 6.58. The van der Waals surface area contributed by atoms with Gasteiger partial charge < -0.3 is 10.2 Å². The zero-order chi connectivity index (χ0) is 20.2. The van der Waals surface area contributed by atoms with Gasteiger partial charge in [0, 0.05) is 25.9 Å². The standard InChI is InChI=1S/C22H25FN4O2/c1-26-18(13-17(25-26)14-6-7-14)21(29)27-11-3-9-22(10-8-19(28)24-22)20(27)15-4-2-5-16(23)12-15/h2,4-5,12-14,20H,3,6-11H2,1H3,(H,24,28)/t20-,22+/m1/s1. The van der Waals surface area contributed by atoms with Crippen LogP contribution in [-0.2, 0) is 11.8 Å². The molecule has 2 aliphatic heterocycles. The van der Waals surface area contributed by atoms with Gasteiger partial charge in [0.05, 0.1) is 17.3 Å². The second-order valence-corrected chi connectivity index (χ2v) is 8.62. The Kier molecular flexibility index (Phi) is 4.22. The highest BCUT2D eigenvalue weighted by Crippen LogP contribution is 2.45. The summed E-state index contributed by atoms with van der Waals surface area (Å²) >= 11 is 0. The van der Waals surface area contributed by atoms with Crippen molar-refractivity contribution in [2.24, 2.45) is 7.05 Å². The number of aryl methyl sites for hydroxylation is 1. The fourth-order valence-electron chi connectivity index (χ4n) is 5.07. The molecule has 2 atom stereocenters. The molecule has 2 aromatic rings. The lowest BCUT2D eigenvalue weighted by atomic mass is 9.76. The molecular weight excluding hydrogens is 371 g/mol. The molecule has 29 heavy (non-hydrogen) atoms. The number of nitrogens with one attached hydrogen (secondary N) is 1. The lowest BCUT2D eigenvalue weighted by molar-refractivity contribution is -0.120. The first-order valence-electron chi connectivity index (χ1n) is 10.4. The molecule has 2 saturated heterocycles. The van der Waals surface area contributed by atoms with Gasteiger partial charge in [0.2, 0.25) is 5.91 Å². The van der Waals surface area contributed by atoms with E-state index < -0.39 is 11.6 Å². The van der Waals surface area contributed by atoms with Crippen LogP contribution in [0.25, 0.3) is 0 Å². The molecule has 1 N–H and O–H groups in total. The minimum absolute atomic E-state index is 0.00254. The highest BCUT2D eigenvalue weighted by molar-refractivity contribution is 5.93. The minimum Gasteiger partial charge on any atom is -0.348 e. The SMILES string of the molecule is Cn1nc(C2CC2)cc1C(=O)N1CCC[C@]2(CCC(=O)N2)[C@H]1c1cccc(F)c1.